The van der Waals surface area contributed by atoms with Crippen LogP contribution in [0, 0.1) is 17.2 Å². The minimum Gasteiger partial charge on any atom is -0.353 e. The first kappa shape index (κ1) is 24.4. The van der Waals surface area contributed by atoms with E-state index in [9.17, 15) is 10.1 Å². The maximum Gasteiger partial charge on any atom is 0.222 e. The maximum atomic E-state index is 12.4. The van der Waals surface area contributed by atoms with E-state index in [0.717, 1.165) is 30.0 Å². The summed E-state index contributed by atoms with van der Waals surface area (Å²) in [7, 11) is 0. The minimum atomic E-state index is 0.223. The SMILES string of the molecule is CC(C)CC(=O)N1CCN(c2ccc(-c3nc(-c4cnn(C(C)C)c4)cn4ncc(C#N)c34)cn2)CC1. The third-order valence-corrected chi connectivity index (χ3v) is 6.60. The molecule has 0 unspecified atom stereocenters. The molecule has 0 radical (unpaired) electrons. The van der Waals surface area contributed by atoms with Gasteiger partial charge in [-0.3, -0.25) is 9.48 Å². The van der Waals surface area contributed by atoms with Crippen molar-refractivity contribution in [2.45, 2.75) is 40.2 Å². The van der Waals surface area contributed by atoms with Gasteiger partial charge in [0.25, 0.3) is 0 Å². The van der Waals surface area contributed by atoms with Gasteiger partial charge in [-0.05, 0) is 31.9 Å². The lowest BCUT2D eigenvalue weighted by molar-refractivity contribution is -0.132. The molecule has 37 heavy (non-hydrogen) atoms. The number of pyridine rings is 1. The molecule has 4 aromatic heterocycles. The van der Waals surface area contributed by atoms with Crippen LogP contribution in [0.4, 0.5) is 5.82 Å². The van der Waals surface area contributed by atoms with Gasteiger partial charge in [-0.15, -0.1) is 0 Å². The van der Waals surface area contributed by atoms with E-state index in [0.29, 0.717) is 47.9 Å². The van der Waals surface area contributed by atoms with Gasteiger partial charge in [0.1, 0.15) is 23.0 Å². The number of rotatable bonds is 6. The number of amides is 1. The van der Waals surface area contributed by atoms with Gasteiger partial charge >= 0.3 is 0 Å². The Morgan fingerprint density at radius 1 is 1.00 bits per heavy atom. The molecule has 0 bridgehead atoms. The Balaban J connectivity index is 1.42. The van der Waals surface area contributed by atoms with Crippen LogP contribution in [0.15, 0.2) is 43.1 Å². The largest absolute Gasteiger partial charge is 0.353 e. The van der Waals surface area contributed by atoms with Gasteiger partial charge in [0.2, 0.25) is 5.91 Å². The molecule has 1 aliphatic heterocycles. The third-order valence-electron chi connectivity index (χ3n) is 6.60. The number of fused-ring (bicyclic) bond motifs is 1. The second-order valence-corrected chi connectivity index (χ2v) is 10.1. The number of carbonyl (C=O) groups is 1. The van der Waals surface area contributed by atoms with Gasteiger partial charge in [-0.25, -0.2) is 14.5 Å². The first-order valence-corrected chi connectivity index (χ1v) is 12.7. The summed E-state index contributed by atoms with van der Waals surface area (Å²) >= 11 is 0. The predicted octanol–water partition coefficient (Wildman–Crippen LogP) is 3.80. The van der Waals surface area contributed by atoms with Crippen molar-refractivity contribution in [3.8, 4) is 28.6 Å². The topological polar surface area (TPSA) is 108 Å². The van der Waals surface area contributed by atoms with E-state index in [1.54, 1.807) is 23.1 Å². The fourth-order valence-corrected chi connectivity index (χ4v) is 4.57. The van der Waals surface area contributed by atoms with E-state index in [-0.39, 0.29) is 11.9 Å². The molecule has 0 N–H and O–H groups in total. The molecule has 0 aliphatic carbocycles. The summed E-state index contributed by atoms with van der Waals surface area (Å²) in [5.74, 6) is 1.45. The third kappa shape index (κ3) is 4.89. The summed E-state index contributed by atoms with van der Waals surface area (Å²) < 4.78 is 3.58. The molecule has 10 nitrogen and oxygen atoms in total. The van der Waals surface area contributed by atoms with Gasteiger partial charge < -0.3 is 9.80 Å². The molecule has 0 spiro atoms. The van der Waals surface area contributed by atoms with Crippen LogP contribution < -0.4 is 4.90 Å². The molecular formula is C27H31N9O. The molecule has 1 amide bonds. The van der Waals surface area contributed by atoms with Crippen LogP contribution in [-0.4, -0.2) is 66.3 Å². The number of hydrogen-bond donors (Lipinski definition) is 0. The van der Waals surface area contributed by atoms with Crippen LogP contribution >= 0.6 is 0 Å². The van der Waals surface area contributed by atoms with Crippen LogP contribution in [0.25, 0.3) is 28.0 Å². The number of carbonyl (C=O) groups excluding carboxylic acids is 1. The number of hydrogen-bond acceptors (Lipinski definition) is 7. The van der Waals surface area contributed by atoms with Gasteiger partial charge in [-0.1, -0.05) is 13.8 Å². The van der Waals surface area contributed by atoms with Gasteiger partial charge in [0, 0.05) is 62.2 Å². The van der Waals surface area contributed by atoms with E-state index in [1.165, 1.54) is 0 Å². The molecule has 4 aromatic rings. The monoisotopic (exact) mass is 497 g/mol. The number of nitriles is 1. The number of nitrogens with zero attached hydrogens (tertiary/aromatic N) is 9. The van der Waals surface area contributed by atoms with Gasteiger partial charge in [0.15, 0.2) is 0 Å². The molecule has 5 rings (SSSR count). The quantitative estimate of drug-likeness (QED) is 0.399. The highest BCUT2D eigenvalue weighted by molar-refractivity contribution is 5.83. The smallest absolute Gasteiger partial charge is 0.222 e. The second kappa shape index (κ2) is 10.0. The Bertz CT molecular complexity index is 1450. The van der Waals surface area contributed by atoms with Crippen molar-refractivity contribution < 1.29 is 4.79 Å². The van der Waals surface area contributed by atoms with Crippen molar-refractivity contribution in [1.82, 2.24) is 34.3 Å². The zero-order chi connectivity index (χ0) is 26.1. The molecule has 1 aliphatic rings. The lowest BCUT2D eigenvalue weighted by atomic mass is 10.1. The summed E-state index contributed by atoms with van der Waals surface area (Å²) in [4.78, 5) is 26.2. The number of aromatic nitrogens is 6. The van der Waals surface area contributed by atoms with Crippen LogP contribution in [0.1, 0.15) is 45.7 Å². The molecule has 0 saturated carbocycles. The zero-order valence-electron chi connectivity index (χ0n) is 21.7. The van der Waals surface area contributed by atoms with Crippen LogP contribution in [0.5, 0.6) is 0 Å². The van der Waals surface area contributed by atoms with E-state index in [2.05, 4.69) is 48.9 Å². The highest BCUT2D eigenvalue weighted by atomic mass is 16.2. The van der Waals surface area contributed by atoms with Crippen molar-refractivity contribution in [2.24, 2.45) is 5.92 Å². The van der Waals surface area contributed by atoms with Gasteiger partial charge in [-0.2, -0.15) is 15.5 Å². The fraction of sp³-hybridized carbons (Fsp3) is 0.407. The average Bonchev–Trinajstić information content (AvgIpc) is 3.56. The van der Waals surface area contributed by atoms with E-state index in [1.807, 2.05) is 34.1 Å². The van der Waals surface area contributed by atoms with Crippen LogP contribution in [0.3, 0.4) is 0 Å². The molecule has 5 heterocycles. The van der Waals surface area contributed by atoms with E-state index >= 15 is 0 Å². The molecule has 190 valence electrons. The normalized spacial score (nSPS) is 14.1. The Hall–Kier alpha value is -4.26. The number of piperazine rings is 1. The molecular weight excluding hydrogens is 466 g/mol. The minimum absolute atomic E-state index is 0.223. The Morgan fingerprint density at radius 2 is 1.78 bits per heavy atom. The lowest BCUT2D eigenvalue weighted by Crippen LogP contribution is -2.49. The van der Waals surface area contributed by atoms with Crippen molar-refractivity contribution in [1.29, 1.82) is 5.26 Å². The highest BCUT2D eigenvalue weighted by Gasteiger charge is 2.23. The Kier molecular flexibility index (Phi) is 6.61. The predicted molar refractivity (Wildman–Crippen MR) is 141 cm³/mol. The summed E-state index contributed by atoms with van der Waals surface area (Å²) in [6.07, 6.45) is 9.52. The summed E-state index contributed by atoms with van der Waals surface area (Å²) in [6.45, 7) is 11.2. The van der Waals surface area contributed by atoms with Crippen molar-refractivity contribution in [3.05, 3.63) is 48.7 Å². The standard InChI is InChI=1S/C27H31N9O/c1-18(2)11-25(37)34-9-7-33(8-10-34)24-6-5-20(13-29-24)26-27-21(12-28)14-31-36(27)17-23(32-26)22-15-30-35(16-22)19(3)4/h5-6,13-19H,7-11H2,1-4H3. The first-order valence-electron chi connectivity index (χ1n) is 12.7. The van der Waals surface area contributed by atoms with E-state index < -0.39 is 0 Å². The van der Waals surface area contributed by atoms with Crippen molar-refractivity contribution >= 4 is 17.2 Å². The molecule has 1 fully saturated rings. The highest BCUT2D eigenvalue weighted by Crippen LogP contribution is 2.29. The summed E-state index contributed by atoms with van der Waals surface area (Å²) in [5, 5.41) is 18.5. The summed E-state index contributed by atoms with van der Waals surface area (Å²) in [5.41, 5.74) is 4.14. The Morgan fingerprint density at radius 3 is 2.41 bits per heavy atom. The lowest BCUT2D eigenvalue weighted by Gasteiger charge is -2.35. The average molecular weight is 498 g/mol. The van der Waals surface area contributed by atoms with Crippen LogP contribution in [-0.2, 0) is 4.79 Å². The second-order valence-electron chi connectivity index (χ2n) is 10.1. The number of anilines is 1. The van der Waals surface area contributed by atoms with Crippen molar-refractivity contribution in [2.75, 3.05) is 31.1 Å². The molecule has 10 heteroatoms. The summed E-state index contributed by atoms with van der Waals surface area (Å²) in [6, 6.07) is 6.42. The van der Waals surface area contributed by atoms with Crippen molar-refractivity contribution in [3.63, 3.8) is 0 Å². The van der Waals surface area contributed by atoms with E-state index in [4.69, 9.17) is 9.97 Å². The zero-order valence-corrected chi connectivity index (χ0v) is 21.7. The maximum absolute atomic E-state index is 12.4. The first-order chi connectivity index (χ1) is 17.8. The van der Waals surface area contributed by atoms with Gasteiger partial charge in [0.05, 0.1) is 30.0 Å². The molecule has 1 saturated heterocycles. The molecule has 0 atom stereocenters. The Labute approximate surface area is 216 Å². The fourth-order valence-electron chi connectivity index (χ4n) is 4.57. The molecule has 0 aromatic carbocycles. The van der Waals surface area contributed by atoms with Crippen LogP contribution in [0.2, 0.25) is 0 Å².